The Bertz CT molecular complexity index is 3440. The molecule has 11 atom stereocenters. The molecule has 1 fully saturated rings. The second kappa shape index (κ2) is 49.8. The molecule has 1 radical (unpaired) electrons. The van der Waals surface area contributed by atoms with E-state index in [1.807, 2.05) is 0 Å². The fourth-order valence-electron chi connectivity index (χ4n) is 11.1. The zero-order valence-electron chi connectivity index (χ0n) is 60.6. The minimum absolute atomic E-state index is 0.0107. The van der Waals surface area contributed by atoms with Crippen LogP contribution >= 0.6 is 11.8 Å². The Labute approximate surface area is 631 Å². The number of aliphatic carboxylic acids is 4. The largest absolute Gasteiger partial charge is 0.508 e. The Morgan fingerprint density at radius 1 is 0.569 bits per heavy atom. The van der Waals surface area contributed by atoms with E-state index in [1.54, 1.807) is 6.26 Å². The first kappa shape index (κ1) is 92.2. The molecular weight excluding hydrogens is 1450 g/mol. The molecule has 11 unspecified atom stereocenters. The number of rotatable bonds is 54. The van der Waals surface area contributed by atoms with Crippen molar-refractivity contribution in [2.75, 3.05) is 44.7 Å². The predicted molar refractivity (Wildman–Crippen MR) is 389 cm³/mol. The smallest absolute Gasteiger partial charge is 0.305 e. The number of aldehydes is 1. The minimum Gasteiger partial charge on any atom is -0.508 e. The van der Waals surface area contributed by atoms with E-state index in [-0.39, 0.29) is 121 Å². The first-order valence-corrected chi connectivity index (χ1v) is 36.6. The number of nitrogens with zero attached hydrogens (tertiary/aromatic N) is 3. The molecule has 109 heavy (non-hydrogen) atoms. The molecule has 1 aliphatic rings. The number of aromatic amines is 1. The van der Waals surface area contributed by atoms with Gasteiger partial charge >= 0.3 is 23.9 Å². The third-order valence-corrected chi connectivity index (χ3v) is 17.5. The quantitative estimate of drug-likeness (QED) is 0.0127. The number of carbonyl (C=O) groups is 17. The van der Waals surface area contributed by atoms with Gasteiger partial charge in [0.05, 0.1) is 25.3 Å². The second-order valence-corrected chi connectivity index (χ2v) is 26.4. The Hall–Kier alpha value is -11.0. The van der Waals surface area contributed by atoms with Gasteiger partial charge in [0.25, 0.3) is 0 Å². The van der Waals surface area contributed by atoms with Crippen molar-refractivity contribution in [2.24, 2.45) is 27.9 Å². The highest BCUT2D eigenvalue weighted by Gasteiger charge is 2.39. The molecule has 1 aromatic heterocycles. The molecule has 1 saturated heterocycles. The number of nitrogens with one attached hydrogen (secondary N) is 12. The molecule has 0 bridgehead atoms. The fourth-order valence-corrected chi connectivity index (χ4v) is 11.5. The lowest BCUT2D eigenvalue weighted by Crippen LogP contribution is -2.60. The van der Waals surface area contributed by atoms with Gasteiger partial charge in [0, 0.05) is 63.5 Å². The highest BCUT2D eigenvalue weighted by atomic mass is 32.2. The van der Waals surface area contributed by atoms with Crippen LogP contribution in [0.3, 0.4) is 0 Å². The highest BCUT2D eigenvalue weighted by molar-refractivity contribution is 7.98. The summed E-state index contributed by atoms with van der Waals surface area (Å²) < 4.78 is 0. The van der Waals surface area contributed by atoms with E-state index >= 15 is 0 Å². The van der Waals surface area contributed by atoms with E-state index in [2.05, 4.69) is 73.4 Å². The summed E-state index contributed by atoms with van der Waals surface area (Å²) in [6.07, 6.45) is 1.79. The van der Waals surface area contributed by atoms with E-state index in [0.29, 0.717) is 30.4 Å². The standard InChI is InChI=1S/C67H102N19O22S/c1-3-51(89)77-45(19-22-54(93)94)62(104)79-41(10-4-6-25-68)59(101)78-42(11-5-7-26-69)61(103)84-49(32-56(97)98)65(107)81-44(18-21-53(91)92)57(99)74-34-52(90)86-28-9-13-50(86)66(108)85-48(30-37-14-16-40(88)17-15-37)64(106)80-43(12-8-27-73-67(70)71)60(102)83-47(24-29-109-2)63(105)82-46(20-23-55(95)96)58(100)76-39(35-87)31-38-33-72-36-75-38/h3,14-17,33,35-36,39,41-50,88H,4-13,18-32,34,68-69H2,1-2H3,(H,72,75)(H,74,99)(H,76,100)(H,77,89)(H,78,101)(H,79,104)(H,80,106)(H,81,107)(H,82,105)(H,83,102)(H,84,103)(H,85,108)(H,91,92)(H,93,94)(H,95,96)(H,97,98)(H4,70,71,73). The number of hydrogen-bond donors (Lipinski definition) is 21. The second-order valence-electron chi connectivity index (χ2n) is 25.4. The van der Waals surface area contributed by atoms with E-state index in [4.69, 9.17) is 22.9 Å². The number of H-pyrrole nitrogens is 1. The number of hydrogen-bond acceptors (Lipinski definition) is 23. The average molecular weight is 1560 g/mol. The van der Waals surface area contributed by atoms with Crippen LogP contribution in [0.25, 0.3) is 0 Å². The first-order valence-electron chi connectivity index (χ1n) is 35.3. The van der Waals surface area contributed by atoms with E-state index in [1.165, 1.54) is 55.5 Å². The lowest BCUT2D eigenvalue weighted by molar-refractivity contribution is -0.142. The van der Waals surface area contributed by atoms with Crippen molar-refractivity contribution in [2.45, 2.75) is 202 Å². The number of carboxylic acids is 4. The lowest BCUT2D eigenvalue weighted by atomic mass is 10.0. The molecule has 0 saturated carbocycles. The van der Waals surface area contributed by atoms with Gasteiger partial charge in [-0.3, -0.25) is 81.7 Å². The summed E-state index contributed by atoms with van der Waals surface area (Å²) in [7, 11) is 0. The number of guanidine groups is 1. The van der Waals surface area contributed by atoms with Gasteiger partial charge in [-0.05, 0) is 133 Å². The molecule has 25 N–H and O–H groups in total. The molecule has 603 valence electrons. The van der Waals surface area contributed by atoms with Crippen LogP contribution in [0.15, 0.2) is 41.8 Å². The number of phenols is 1. The van der Waals surface area contributed by atoms with Crippen molar-refractivity contribution in [3.8, 4) is 5.75 Å². The number of carboxylic acid groups (broad SMARTS) is 4. The van der Waals surface area contributed by atoms with Crippen molar-refractivity contribution in [3.63, 3.8) is 0 Å². The van der Waals surface area contributed by atoms with Crippen LogP contribution in [0, 0.1) is 6.42 Å². The number of aliphatic imine (C=N–C) groups is 1. The predicted octanol–water partition coefficient (Wildman–Crippen LogP) is -5.59. The third kappa shape index (κ3) is 35.5. The summed E-state index contributed by atoms with van der Waals surface area (Å²) in [5.41, 5.74) is 23.3. The van der Waals surface area contributed by atoms with Gasteiger partial charge in [-0.15, -0.1) is 0 Å². The van der Waals surface area contributed by atoms with Crippen molar-refractivity contribution < 1.29 is 107 Å². The SMILES string of the molecule is C[CH]C(=O)NC(CCC(=O)O)C(=O)NC(CCCCN)C(=O)NC(CCCCN)C(=O)NC(CC(=O)O)C(=O)NC(CCC(=O)O)C(=O)NCC(=O)N1CCCC1C(=O)NC(Cc1ccc(O)cc1)C(=O)NC(CCCN=C(N)N)C(=O)NC(CCSC)C(=O)NC(CCC(=O)O)C(=O)NC(C=O)Cc1cnc[nH]1. The molecule has 42 heteroatoms. The van der Waals surface area contributed by atoms with Gasteiger partial charge in [-0.25, -0.2) is 4.98 Å². The molecular formula is C67H102N19O22S. The number of aromatic hydroxyl groups is 1. The van der Waals surface area contributed by atoms with Crippen LogP contribution in [-0.2, 0) is 94.3 Å². The summed E-state index contributed by atoms with van der Waals surface area (Å²) in [6.45, 7) is 0.593. The number of phenolic OH excluding ortho intramolecular Hbond substituents is 1. The van der Waals surface area contributed by atoms with E-state index in [0.717, 1.165) is 11.3 Å². The van der Waals surface area contributed by atoms with Crippen LogP contribution in [0.4, 0.5) is 0 Å². The summed E-state index contributed by atoms with van der Waals surface area (Å²) >= 11 is 1.28. The molecule has 0 spiro atoms. The third-order valence-electron chi connectivity index (χ3n) is 16.9. The molecule has 0 aliphatic carbocycles. The fraction of sp³-hybridized carbons (Fsp3) is 0.582. The van der Waals surface area contributed by atoms with Crippen molar-refractivity contribution in [1.82, 2.24) is 73.4 Å². The van der Waals surface area contributed by atoms with Gasteiger partial charge in [0.2, 0.25) is 70.9 Å². The Morgan fingerprint density at radius 2 is 1.02 bits per heavy atom. The average Bonchev–Trinajstić information content (AvgIpc) is 1.77. The molecule has 41 nitrogen and oxygen atoms in total. The molecule has 1 aromatic carbocycles. The highest BCUT2D eigenvalue weighted by Crippen LogP contribution is 2.20. The number of thioether (sulfide) groups is 1. The van der Waals surface area contributed by atoms with Crippen LogP contribution in [0.2, 0.25) is 0 Å². The summed E-state index contributed by atoms with van der Waals surface area (Å²) in [5, 5.41) is 75.5. The number of amides is 12. The number of imidazole rings is 1. The zero-order chi connectivity index (χ0) is 81.1. The maximum Gasteiger partial charge on any atom is 0.305 e. The summed E-state index contributed by atoms with van der Waals surface area (Å²) in [6, 6.07) is -11.4. The summed E-state index contributed by atoms with van der Waals surface area (Å²) in [4.78, 5) is 239. The van der Waals surface area contributed by atoms with E-state index < -0.39 is 206 Å². The molecule has 1 aliphatic heterocycles. The molecule has 12 amide bonds. The molecule has 3 rings (SSSR count). The van der Waals surface area contributed by atoms with Crippen molar-refractivity contribution >= 4 is 119 Å². The Morgan fingerprint density at radius 3 is 1.47 bits per heavy atom. The van der Waals surface area contributed by atoms with Gasteiger partial charge in [0.1, 0.15) is 72.5 Å². The van der Waals surface area contributed by atoms with Gasteiger partial charge in [-0.2, -0.15) is 11.8 Å². The Kier molecular flexibility index (Phi) is 42.1. The topological polar surface area (TPSA) is 672 Å². The molecule has 2 aromatic rings. The normalized spacial score (nSPS) is 15.1. The lowest BCUT2D eigenvalue weighted by Gasteiger charge is -2.29. The van der Waals surface area contributed by atoms with Crippen LogP contribution in [0.1, 0.15) is 134 Å². The van der Waals surface area contributed by atoms with Crippen molar-refractivity contribution in [3.05, 3.63) is 54.5 Å². The summed E-state index contributed by atoms with van der Waals surface area (Å²) in [5.74, 6) is -17.9. The van der Waals surface area contributed by atoms with Gasteiger partial charge in [-0.1, -0.05) is 19.1 Å². The monoisotopic (exact) mass is 1560 g/mol. The van der Waals surface area contributed by atoms with Crippen molar-refractivity contribution in [1.29, 1.82) is 0 Å². The van der Waals surface area contributed by atoms with Crippen LogP contribution < -0.4 is 81.4 Å². The van der Waals surface area contributed by atoms with Crippen LogP contribution in [-0.4, -0.2) is 259 Å². The minimum atomic E-state index is -2.04. The number of carbonyl (C=O) groups excluding carboxylic acids is 13. The molecule has 2 heterocycles. The number of likely N-dealkylation sites (tertiary alicyclic amines) is 1. The van der Waals surface area contributed by atoms with Gasteiger partial charge < -0.3 is 122 Å². The Balaban J connectivity index is 1.91. The first-order chi connectivity index (χ1) is 51.8. The van der Waals surface area contributed by atoms with Gasteiger partial charge in [0.15, 0.2) is 5.96 Å². The number of aromatic nitrogens is 2. The maximum absolute atomic E-state index is 14.7. The number of unbranched alkanes of at least 4 members (excludes halogenated alkanes) is 2. The maximum atomic E-state index is 14.7. The number of nitrogens with two attached hydrogens (primary N) is 4. The number of benzene rings is 1. The van der Waals surface area contributed by atoms with Crippen LogP contribution in [0.5, 0.6) is 5.75 Å². The zero-order valence-corrected chi connectivity index (χ0v) is 61.4. The van der Waals surface area contributed by atoms with E-state index in [9.17, 15) is 107 Å².